The molecule has 1 aliphatic rings. The summed E-state index contributed by atoms with van der Waals surface area (Å²) in [6.45, 7) is 1.06. The molecule has 1 fully saturated rings. The van der Waals surface area contributed by atoms with Crippen LogP contribution < -0.4 is 16.0 Å². The van der Waals surface area contributed by atoms with Crippen molar-refractivity contribution in [1.29, 1.82) is 0 Å². The van der Waals surface area contributed by atoms with E-state index in [4.69, 9.17) is 5.73 Å². The van der Waals surface area contributed by atoms with Crippen LogP contribution in [0.5, 0.6) is 0 Å². The van der Waals surface area contributed by atoms with Gasteiger partial charge in [0.25, 0.3) is 5.91 Å². The Bertz CT molecular complexity index is 724. The number of thiazole rings is 1. The average Bonchev–Trinajstić information content (AvgIpc) is 3.22. The van der Waals surface area contributed by atoms with Gasteiger partial charge in [-0.25, -0.2) is 4.98 Å². The van der Waals surface area contributed by atoms with Crippen LogP contribution in [0.4, 0.5) is 5.69 Å². The van der Waals surface area contributed by atoms with Gasteiger partial charge in [-0.15, -0.1) is 11.3 Å². The summed E-state index contributed by atoms with van der Waals surface area (Å²) in [4.78, 5) is 30.5. The molecule has 0 aliphatic carbocycles. The Labute approximate surface area is 137 Å². The van der Waals surface area contributed by atoms with Crippen molar-refractivity contribution in [3.63, 3.8) is 0 Å². The monoisotopic (exact) mass is 334 g/mol. The number of nitrogens with two attached hydrogens (primary N) is 1. The first-order valence-corrected chi connectivity index (χ1v) is 8.22. The van der Waals surface area contributed by atoms with Gasteiger partial charge in [-0.05, 0) is 13.0 Å². The summed E-state index contributed by atoms with van der Waals surface area (Å²) in [5.41, 5.74) is 6.56. The number of rotatable bonds is 5. The standard InChI is InChI=1S/C14H18N6O2S/c1-19-7-9(6-16-19)20-5-3-10(14(20)22)18-13(21)11-8-23-12(17-11)2-4-15/h6-8,10H,2-5,15H2,1H3,(H,18,21). The molecule has 2 aromatic heterocycles. The van der Waals surface area contributed by atoms with E-state index >= 15 is 0 Å². The van der Waals surface area contributed by atoms with Crippen LogP contribution in [0.15, 0.2) is 17.8 Å². The molecule has 0 spiro atoms. The molecule has 1 saturated heterocycles. The number of aryl methyl sites for hydroxylation is 1. The van der Waals surface area contributed by atoms with Crippen LogP contribution in [0, 0.1) is 0 Å². The number of carbonyl (C=O) groups is 2. The lowest BCUT2D eigenvalue weighted by Gasteiger charge is -2.14. The van der Waals surface area contributed by atoms with E-state index in [1.807, 2.05) is 0 Å². The lowest BCUT2D eigenvalue weighted by atomic mass is 10.2. The molecule has 9 heteroatoms. The highest BCUT2D eigenvalue weighted by Gasteiger charge is 2.34. The van der Waals surface area contributed by atoms with E-state index in [1.165, 1.54) is 11.3 Å². The summed E-state index contributed by atoms with van der Waals surface area (Å²) in [5, 5.41) is 9.35. The predicted molar refractivity (Wildman–Crippen MR) is 86.3 cm³/mol. The smallest absolute Gasteiger partial charge is 0.271 e. The lowest BCUT2D eigenvalue weighted by molar-refractivity contribution is -0.118. The van der Waals surface area contributed by atoms with Gasteiger partial charge in [-0.2, -0.15) is 5.10 Å². The fraction of sp³-hybridized carbons (Fsp3) is 0.429. The van der Waals surface area contributed by atoms with E-state index in [0.717, 1.165) is 10.7 Å². The lowest BCUT2D eigenvalue weighted by Crippen LogP contribution is -2.41. The average molecular weight is 334 g/mol. The van der Waals surface area contributed by atoms with Crippen LogP contribution in [-0.4, -0.2) is 45.7 Å². The van der Waals surface area contributed by atoms with Gasteiger partial charge in [0.2, 0.25) is 5.91 Å². The number of hydrogen-bond donors (Lipinski definition) is 2. The number of amides is 2. The van der Waals surface area contributed by atoms with E-state index in [-0.39, 0.29) is 11.8 Å². The largest absolute Gasteiger partial charge is 0.339 e. The molecule has 1 aliphatic heterocycles. The first-order chi connectivity index (χ1) is 11.1. The zero-order valence-corrected chi connectivity index (χ0v) is 13.5. The molecule has 0 bridgehead atoms. The number of hydrogen-bond acceptors (Lipinski definition) is 6. The van der Waals surface area contributed by atoms with Crippen molar-refractivity contribution in [3.05, 3.63) is 28.5 Å². The van der Waals surface area contributed by atoms with Crippen molar-refractivity contribution in [1.82, 2.24) is 20.1 Å². The molecule has 23 heavy (non-hydrogen) atoms. The minimum atomic E-state index is -0.526. The first kappa shape index (κ1) is 15.6. The maximum Gasteiger partial charge on any atom is 0.271 e. The molecule has 3 rings (SSSR count). The second-order valence-electron chi connectivity index (χ2n) is 5.34. The molecule has 0 saturated carbocycles. The van der Waals surface area contributed by atoms with Gasteiger partial charge in [-0.1, -0.05) is 0 Å². The molecule has 2 amide bonds. The second-order valence-corrected chi connectivity index (χ2v) is 6.28. The Hall–Kier alpha value is -2.26. The molecule has 1 unspecified atom stereocenters. The first-order valence-electron chi connectivity index (χ1n) is 7.34. The summed E-state index contributed by atoms with van der Waals surface area (Å²) in [5.74, 6) is -0.445. The third-order valence-electron chi connectivity index (χ3n) is 3.66. The highest BCUT2D eigenvalue weighted by atomic mass is 32.1. The summed E-state index contributed by atoms with van der Waals surface area (Å²) in [6, 6.07) is -0.526. The Morgan fingerprint density at radius 1 is 1.57 bits per heavy atom. The minimum absolute atomic E-state index is 0.122. The van der Waals surface area contributed by atoms with E-state index < -0.39 is 6.04 Å². The quantitative estimate of drug-likeness (QED) is 0.795. The SMILES string of the molecule is Cn1cc(N2CCC(NC(=O)c3csc(CCN)n3)C2=O)cn1. The Balaban J connectivity index is 1.64. The molecule has 0 aromatic carbocycles. The molecule has 1 atom stereocenters. The van der Waals surface area contributed by atoms with Crippen LogP contribution in [0.1, 0.15) is 21.9 Å². The number of nitrogens with zero attached hydrogens (tertiary/aromatic N) is 4. The van der Waals surface area contributed by atoms with Crippen molar-refractivity contribution in [2.45, 2.75) is 18.9 Å². The van der Waals surface area contributed by atoms with Crippen LogP contribution in [-0.2, 0) is 18.3 Å². The van der Waals surface area contributed by atoms with Crippen molar-refractivity contribution >= 4 is 28.8 Å². The van der Waals surface area contributed by atoms with Crippen molar-refractivity contribution < 1.29 is 9.59 Å². The van der Waals surface area contributed by atoms with Crippen LogP contribution in [0.3, 0.4) is 0 Å². The van der Waals surface area contributed by atoms with E-state index in [2.05, 4.69) is 15.4 Å². The van der Waals surface area contributed by atoms with Gasteiger partial charge in [0.15, 0.2) is 0 Å². The molecular formula is C14H18N6O2S. The van der Waals surface area contributed by atoms with Crippen LogP contribution in [0.2, 0.25) is 0 Å². The van der Waals surface area contributed by atoms with Crippen LogP contribution in [0.25, 0.3) is 0 Å². The fourth-order valence-electron chi connectivity index (χ4n) is 2.50. The van der Waals surface area contributed by atoms with Gasteiger partial charge in [0.1, 0.15) is 11.7 Å². The predicted octanol–water partition coefficient (Wildman–Crippen LogP) is -0.0869. The molecule has 8 nitrogen and oxygen atoms in total. The minimum Gasteiger partial charge on any atom is -0.339 e. The fourth-order valence-corrected chi connectivity index (χ4v) is 3.30. The molecule has 122 valence electrons. The highest BCUT2D eigenvalue weighted by Crippen LogP contribution is 2.21. The van der Waals surface area contributed by atoms with Crippen molar-refractivity contribution in [3.8, 4) is 0 Å². The van der Waals surface area contributed by atoms with E-state index in [0.29, 0.717) is 31.6 Å². The number of carbonyl (C=O) groups excluding carboxylic acids is 2. The normalized spacial score (nSPS) is 17.7. The molecule has 2 aromatic rings. The second kappa shape index (κ2) is 6.47. The summed E-state index contributed by atoms with van der Waals surface area (Å²) < 4.78 is 1.64. The third kappa shape index (κ3) is 3.25. The Morgan fingerprint density at radius 3 is 3.09 bits per heavy atom. The molecular weight excluding hydrogens is 316 g/mol. The molecule has 3 heterocycles. The van der Waals surface area contributed by atoms with Gasteiger partial charge < -0.3 is 16.0 Å². The maximum absolute atomic E-state index is 12.4. The molecule has 3 N–H and O–H groups in total. The topological polar surface area (TPSA) is 106 Å². The summed E-state index contributed by atoms with van der Waals surface area (Å²) in [7, 11) is 1.80. The zero-order valence-electron chi connectivity index (χ0n) is 12.7. The maximum atomic E-state index is 12.4. The number of aromatic nitrogens is 3. The van der Waals surface area contributed by atoms with Crippen molar-refractivity contribution in [2.24, 2.45) is 12.8 Å². The Morgan fingerprint density at radius 2 is 2.39 bits per heavy atom. The van der Waals surface area contributed by atoms with Gasteiger partial charge in [-0.3, -0.25) is 14.3 Å². The third-order valence-corrected chi connectivity index (χ3v) is 4.56. The van der Waals surface area contributed by atoms with E-state index in [1.54, 1.807) is 34.4 Å². The summed E-state index contributed by atoms with van der Waals surface area (Å²) >= 11 is 1.40. The zero-order chi connectivity index (χ0) is 16.4. The number of nitrogens with one attached hydrogen (secondary N) is 1. The van der Waals surface area contributed by atoms with Gasteiger partial charge in [0.05, 0.1) is 16.9 Å². The highest BCUT2D eigenvalue weighted by molar-refractivity contribution is 7.09. The van der Waals surface area contributed by atoms with E-state index in [9.17, 15) is 9.59 Å². The number of anilines is 1. The molecule has 0 radical (unpaired) electrons. The van der Waals surface area contributed by atoms with Crippen molar-refractivity contribution in [2.75, 3.05) is 18.0 Å². The van der Waals surface area contributed by atoms with Gasteiger partial charge >= 0.3 is 0 Å². The summed E-state index contributed by atoms with van der Waals surface area (Å²) in [6.07, 6.45) is 4.64. The Kier molecular flexibility index (Phi) is 4.39. The van der Waals surface area contributed by atoms with Crippen LogP contribution >= 0.6 is 11.3 Å². The van der Waals surface area contributed by atoms with Gasteiger partial charge in [0, 0.05) is 31.6 Å².